The van der Waals surface area contributed by atoms with Crippen molar-refractivity contribution >= 4 is 33.3 Å². The molecule has 7 nitrogen and oxygen atoms in total. The molecule has 4 heterocycles. The molecule has 23 heavy (non-hydrogen) atoms. The Hall–Kier alpha value is -2.48. The number of rotatable bonds is 2. The number of aromatic nitrogens is 4. The van der Waals surface area contributed by atoms with Crippen LogP contribution in [-0.4, -0.2) is 31.9 Å². The summed E-state index contributed by atoms with van der Waals surface area (Å²) in [5, 5.41) is 0. The molecule has 8 heteroatoms. The normalized spacial score (nSPS) is 14.0. The Morgan fingerprint density at radius 3 is 3.13 bits per heavy atom. The fraction of sp³-hybridized carbons (Fsp3) is 0.200. The van der Waals surface area contributed by atoms with E-state index in [4.69, 9.17) is 4.74 Å². The Balaban J connectivity index is 1.80. The minimum Gasteiger partial charge on any atom is -0.478 e. The molecule has 1 aliphatic rings. The zero-order valence-corrected chi connectivity index (χ0v) is 13.8. The van der Waals surface area contributed by atoms with Crippen molar-refractivity contribution in [2.24, 2.45) is 0 Å². The highest BCUT2D eigenvalue weighted by molar-refractivity contribution is 9.10. The van der Waals surface area contributed by atoms with E-state index in [9.17, 15) is 4.79 Å². The molecule has 0 unspecified atom stereocenters. The molecule has 0 saturated carbocycles. The summed E-state index contributed by atoms with van der Waals surface area (Å²) >= 11 is 3.47. The van der Waals surface area contributed by atoms with E-state index in [1.165, 1.54) is 6.33 Å². The van der Waals surface area contributed by atoms with Gasteiger partial charge in [-0.15, -0.1) is 0 Å². The predicted molar refractivity (Wildman–Crippen MR) is 86.3 cm³/mol. The summed E-state index contributed by atoms with van der Waals surface area (Å²) in [5.41, 5.74) is 2.64. The molecule has 0 spiro atoms. The number of carbonyl (C=O) groups is 1. The number of anilines is 1. The van der Waals surface area contributed by atoms with E-state index in [0.717, 1.165) is 21.5 Å². The summed E-state index contributed by atoms with van der Waals surface area (Å²) in [6, 6.07) is 3.87. The van der Waals surface area contributed by atoms with E-state index in [1.807, 2.05) is 29.7 Å². The van der Waals surface area contributed by atoms with Gasteiger partial charge >= 0.3 is 0 Å². The average Bonchev–Trinajstić information content (AvgIpc) is 2.85. The topological polar surface area (TPSA) is 72.6 Å². The first kappa shape index (κ1) is 14.1. The summed E-state index contributed by atoms with van der Waals surface area (Å²) in [4.78, 5) is 26.6. The van der Waals surface area contributed by atoms with Gasteiger partial charge in [0.15, 0.2) is 18.2 Å². The number of pyridine rings is 1. The van der Waals surface area contributed by atoms with Gasteiger partial charge in [-0.05, 0) is 35.0 Å². The van der Waals surface area contributed by atoms with Crippen LogP contribution in [0.4, 0.5) is 5.82 Å². The second kappa shape index (κ2) is 5.31. The lowest BCUT2D eigenvalue weighted by Crippen LogP contribution is -2.39. The van der Waals surface area contributed by atoms with Crippen molar-refractivity contribution in [3.05, 3.63) is 46.7 Å². The van der Waals surface area contributed by atoms with Crippen LogP contribution in [0.2, 0.25) is 0 Å². The Morgan fingerprint density at radius 1 is 1.39 bits per heavy atom. The third-order valence-corrected chi connectivity index (χ3v) is 4.23. The third-order valence-electron chi connectivity index (χ3n) is 3.76. The molecule has 0 N–H and O–H groups in total. The van der Waals surface area contributed by atoms with Crippen LogP contribution >= 0.6 is 15.9 Å². The maximum absolute atomic E-state index is 12.3. The molecule has 0 saturated heterocycles. The van der Waals surface area contributed by atoms with Crippen molar-refractivity contribution < 1.29 is 9.53 Å². The van der Waals surface area contributed by atoms with Gasteiger partial charge in [0.2, 0.25) is 0 Å². The number of fused-ring (bicyclic) bond motifs is 2. The molecule has 0 aliphatic carbocycles. The Labute approximate surface area is 140 Å². The Kier molecular flexibility index (Phi) is 3.26. The van der Waals surface area contributed by atoms with Gasteiger partial charge in [-0.1, -0.05) is 0 Å². The van der Waals surface area contributed by atoms with Crippen LogP contribution in [0, 0.1) is 6.92 Å². The lowest BCUT2D eigenvalue weighted by Gasteiger charge is -2.27. The molecule has 0 fully saturated rings. The highest BCUT2D eigenvalue weighted by Crippen LogP contribution is 2.30. The molecule has 0 bridgehead atoms. The maximum atomic E-state index is 12.3. The van der Waals surface area contributed by atoms with Gasteiger partial charge in [0, 0.05) is 10.7 Å². The summed E-state index contributed by atoms with van der Waals surface area (Å²) in [6.07, 6.45) is 4.92. The van der Waals surface area contributed by atoms with Crippen LogP contribution in [0.1, 0.15) is 11.4 Å². The fourth-order valence-electron chi connectivity index (χ4n) is 2.64. The molecule has 0 atom stereocenters. The first-order valence-corrected chi connectivity index (χ1v) is 7.79. The number of carbonyl (C=O) groups excluding carboxylic acids is 1. The van der Waals surface area contributed by atoms with Gasteiger partial charge in [-0.3, -0.25) is 9.69 Å². The van der Waals surface area contributed by atoms with Gasteiger partial charge in [-0.2, -0.15) is 0 Å². The lowest BCUT2D eigenvalue weighted by molar-refractivity contribution is -0.121. The van der Waals surface area contributed by atoms with E-state index in [1.54, 1.807) is 11.1 Å². The van der Waals surface area contributed by atoms with Gasteiger partial charge < -0.3 is 9.14 Å². The molecule has 1 aliphatic heterocycles. The first-order chi connectivity index (χ1) is 11.1. The van der Waals surface area contributed by atoms with Crippen LogP contribution in [0.25, 0.3) is 5.65 Å². The molecule has 0 radical (unpaired) electrons. The second-order valence-corrected chi connectivity index (χ2v) is 6.11. The van der Waals surface area contributed by atoms with Crippen molar-refractivity contribution in [2.45, 2.75) is 13.5 Å². The van der Waals surface area contributed by atoms with Gasteiger partial charge in [0.05, 0.1) is 24.1 Å². The third kappa shape index (κ3) is 2.35. The number of ether oxygens (including phenoxy) is 1. The number of hydrogen-bond acceptors (Lipinski definition) is 5. The Morgan fingerprint density at radius 2 is 2.26 bits per heavy atom. The minimum absolute atomic E-state index is 0.0140. The monoisotopic (exact) mass is 373 g/mol. The van der Waals surface area contributed by atoms with Crippen molar-refractivity contribution in [3.63, 3.8) is 0 Å². The van der Waals surface area contributed by atoms with E-state index in [2.05, 4.69) is 30.9 Å². The number of imidazole rings is 1. The second-order valence-electron chi connectivity index (χ2n) is 5.20. The zero-order valence-electron chi connectivity index (χ0n) is 12.2. The molecule has 116 valence electrons. The SMILES string of the molecule is Cc1nc2ccc(Br)cn2c1CN1C(=O)COc2cncnc21. The average molecular weight is 374 g/mol. The molecule has 3 aromatic rings. The zero-order chi connectivity index (χ0) is 16.0. The van der Waals surface area contributed by atoms with Crippen LogP contribution in [0.3, 0.4) is 0 Å². The van der Waals surface area contributed by atoms with E-state index in [0.29, 0.717) is 18.1 Å². The number of aryl methyl sites for hydroxylation is 1. The molecule has 4 rings (SSSR count). The number of hydrogen-bond donors (Lipinski definition) is 0. The fourth-order valence-corrected chi connectivity index (χ4v) is 2.98. The highest BCUT2D eigenvalue weighted by atomic mass is 79.9. The molecule has 3 aromatic heterocycles. The van der Waals surface area contributed by atoms with Gasteiger partial charge in [-0.25, -0.2) is 15.0 Å². The van der Waals surface area contributed by atoms with Gasteiger partial charge in [0.25, 0.3) is 5.91 Å². The molecular formula is C15H12BrN5O2. The molecule has 0 aromatic carbocycles. The standard InChI is InChI=1S/C15H12BrN5O2/c1-9-11(20-5-10(16)2-3-13(20)19-9)6-21-14(22)7-23-12-4-17-8-18-15(12)21/h2-5,8H,6-7H2,1H3. The first-order valence-electron chi connectivity index (χ1n) is 7.00. The maximum Gasteiger partial charge on any atom is 0.266 e. The predicted octanol–water partition coefficient (Wildman–Crippen LogP) is 2.12. The quantitative estimate of drug-likeness (QED) is 0.687. The minimum atomic E-state index is -0.138. The van der Waals surface area contributed by atoms with Gasteiger partial charge in [0.1, 0.15) is 12.0 Å². The summed E-state index contributed by atoms with van der Waals surface area (Å²) in [7, 11) is 0. The van der Waals surface area contributed by atoms with Crippen LogP contribution in [0.5, 0.6) is 5.75 Å². The van der Waals surface area contributed by atoms with Crippen molar-refractivity contribution in [1.82, 2.24) is 19.4 Å². The van der Waals surface area contributed by atoms with Crippen molar-refractivity contribution in [2.75, 3.05) is 11.5 Å². The van der Waals surface area contributed by atoms with Crippen molar-refractivity contribution in [3.8, 4) is 5.75 Å². The number of halogens is 1. The smallest absolute Gasteiger partial charge is 0.266 e. The van der Waals surface area contributed by atoms with E-state index < -0.39 is 0 Å². The number of nitrogens with zero attached hydrogens (tertiary/aromatic N) is 5. The molecule has 1 amide bonds. The van der Waals surface area contributed by atoms with E-state index >= 15 is 0 Å². The largest absolute Gasteiger partial charge is 0.478 e. The Bertz CT molecular complexity index is 923. The van der Waals surface area contributed by atoms with E-state index in [-0.39, 0.29) is 12.5 Å². The summed E-state index contributed by atoms with van der Waals surface area (Å²) < 4.78 is 8.30. The highest BCUT2D eigenvalue weighted by Gasteiger charge is 2.28. The van der Waals surface area contributed by atoms with Crippen LogP contribution in [-0.2, 0) is 11.3 Å². The summed E-state index contributed by atoms with van der Waals surface area (Å²) in [6.45, 7) is 2.29. The molecular weight excluding hydrogens is 362 g/mol. The van der Waals surface area contributed by atoms with Crippen LogP contribution in [0.15, 0.2) is 35.3 Å². The lowest BCUT2D eigenvalue weighted by atomic mass is 10.3. The number of amides is 1. The van der Waals surface area contributed by atoms with Crippen LogP contribution < -0.4 is 9.64 Å². The van der Waals surface area contributed by atoms with Crippen molar-refractivity contribution in [1.29, 1.82) is 0 Å². The summed E-state index contributed by atoms with van der Waals surface area (Å²) in [5.74, 6) is 0.862.